The van der Waals surface area contributed by atoms with Crippen molar-refractivity contribution in [3.63, 3.8) is 0 Å². The maximum absolute atomic E-state index is 8.63. The van der Waals surface area contributed by atoms with Crippen LogP contribution in [-0.2, 0) is 4.74 Å². The van der Waals surface area contributed by atoms with E-state index >= 15 is 0 Å². The molecule has 0 heterocycles. The van der Waals surface area contributed by atoms with Gasteiger partial charge in [0.05, 0.1) is 7.11 Å². The molecule has 0 unspecified atom stereocenters. The fraction of sp³-hybridized carbons (Fsp3) is 0.250. The molecule has 0 saturated carbocycles. The fourth-order valence-corrected chi connectivity index (χ4v) is 0.985. The molecular formula is C16H22O3. The van der Waals surface area contributed by atoms with Crippen molar-refractivity contribution in [2.45, 2.75) is 6.92 Å². The summed E-state index contributed by atoms with van der Waals surface area (Å²) in [7, 11) is 3.34. The van der Waals surface area contributed by atoms with Crippen molar-refractivity contribution in [3.05, 3.63) is 60.7 Å². The van der Waals surface area contributed by atoms with E-state index in [9.17, 15) is 0 Å². The van der Waals surface area contributed by atoms with Crippen molar-refractivity contribution >= 4 is 0 Å². The lowest BCUT2D eigenvalue weighted by Gasteiger charge is -1.93. The molecule has 1 N–H and O–H groups in total. The van der Waals surface area contributed by atoms with Gasteiger partial charge in [0.15, 0.2) is 0 Å². The van der Waals surface area contributed by atoms with E-state index in [2.05, 4.69) is 4.74 Å². The van der Waals surface area contributed by atoms with Gasteiger partial charge < -0.3 is 14.6 Å². The van der Waals surface area contributed by atoms with Gasteiger partial charge in [-0.25, -0.2) is 0 Å². The lowest BCUT2D eigenvalue weighted by Crippen LogP contribution is -1.78. The van der Waals surface area contributed by atoms with Gasteiger partial charge in [-0.3, -0.25) is 0 Å². The normalized spacial score (nSPS) is 8.37. The average molecular weight is 262 g/mol. The van der Waals surface area contributed by atoms with Gasteiger partial charge in [0.2, 0.25) is 0 Å². The predicted molar refractivity (Wildman–Crippen MR) is 78.7 cm³/mol. The summed E-state index contributed by atoms with van der Waals surface area (Å²) in [5.41, 5.74) is 0. The second-order valence-electron chi connectivity index (χ2n) is 3.43. The Morgan fingerprint density at radius 2 is 1.26 bits per heavy atom. The summed E-state index contributed by atoms with van der Waals surface area (Å²) in [5.74, 6) is 1.23. The largest absolute Gasteiger partial charge is 0.508 e. The minimum atomic E-state index is 0.322. The maximum atomic E-state index is 8.63. The Kier molecular flexibility index (Phi) is 11.1. The Morgan fingerprint density at radius 1 is 0.842 bits per heavy atom. The molecule has 0 radical (unpaired) electrons. The Labute approximate surface area is 115 Å². The van der Waals surface area contributed by atoms with Gasteiger partial charge in [-0.2, -0.15) is 0 Å². The first-order valence-electron chi connectivity index (χ1n) is 6.06. The Hall–Kier alpha value is -2.00. The van der Waals surface area contributed by atoms with Crippen LogP contribution in [0.1, 0.15) is 6.92 Å². The zero-order valence-electron chi connectivity index (χ0n) is 11.7. The topological polar surface area (TPSA) is 38.7 Å². The molecule has 0 fully saturated rings. The van der Waals surface area contributed by atoms with E-state index in [-0.39, 0.29) is 0 Å². The van der Waals surface area contributed by atoms with E-state index in [1.807, 2.05) is 43.3 Å². The lowest BCUT2D eigenvalue weighted by molar-refractivity contribution is 0.215. The van der Waals surface area contributed by atoms with Crippen LogP contribution in [-0.4, -0.2) is 25.9 Å². The molecule has 0 aromatic heterocycles. The molecule has 0 saturated heterocycles. The Morgan fingerprint density at radius 3 is 1.47 bits per heavy atom. The lowest BCUT2D eigenvalue weighted by atomic mass is 10.3. The summed E-state index contributed by atoms with van der Waals surface area (Å²) < 4.78 is 9.46. The highest BCUT2D eigenvalue weighted by molar-refractivity contribution is 5.20. The number of phenolic OH excluding ortho intramolecular Hbond substituents is 1. The smallest absolute Gasteiger partial charge is 0.118 e. The number of para-hydroxylation sites is 2. The molecule has 19 heavy (non-hydrogen) atoms. The molecule has 2 rings (SSSR count). The molecule has 0 atom stereocenters. The summed E-state index contributed by atoms with van der Waals surface area (Å²) >= 11 is 0. The van der Waals surface area contributed by atoms with E-state index < -0.39 is 0 Å². The van der Waals surface area contributed by atoms with Crippen LogP contribution in [0.5, 0.6) is 11.5 Å². The average Bonchev–Trinajstić information content (AvgIpc) is 2.50. The van der Waals surface area contributed by atoms with Gasteiger partial charge in [-0.1, -0.05) is 36.4 Å². The maximum Gasteiger partial charge on any atom is 0.118 e. The van der Waals surface area contributed by atoms with Crippen molar-refractivity contribution in [3.8, 4) is 11.5 Å². The molecule has 104 valence electrons. The minimum absolute atomic E-state index is 0.322. The number of hydrogen-bond acceptors (Lipinski definition) is 3. The predicted octanol–water partition coefficient (Wildman–Crippen LogP) is 3.74. The molecular weight excluding hydrogens is 240 g/mol. The number of phenols is 1. The number of aromatic hydroxyl groups is 1. The van der Waals surface area contributed by atoms with Crippen LogP contribution in [0.3, 0.4) is 0 Å². The number of ether oxygens (including phenoxy) is 2. The van der Waals surface area contributed by atoms with Gasteiger partial charge >= 0.3 is 0 Å². The molecule has 3 heteroatoms. The highest BCUT2D eigenvalue weighted by atomic mass is 16.5. The van der Waals surface area contributed by atoms with Crippen LogP contribution in [0.15, 0.2) is 60.7 Å². The molecule has 2 aromatic carbocycles. The highest BCUT2D eigenvalue weighted by Crippen LogP contribution is 2.05. The van der Waals surface area contributed by atoms with Gasteiger partial charge in [-0.15, -0.1) is 0 Å². The zero-order valence-corrected chi connectivity index (χ0v) is 11.7. The molecule has 0 bridgehead atoms. The van der Waals surface area contributed by atoms with Gasteiger partial charge in [0.25, 0.3) is 0 Å². The standard InChI is InChI=1S/C7H8O.C6H6O.C3H8O/c1-8-7-5-3-2-4-6-7;7-6-4-2-1-3-5-6;1-3-4-2/h2-6H,1H3;1-5,7H;3H2,1-2H3. The molecule has 0 aliphatic rings. The second-order valence-corrected chi connectivity index (χ2v) is 3.43. The third kappa shape index (κ3) is 10.9. The van der Waals surface area contributed by atoms with Crippen molar-refractivity contribution in [2.75, 3.05) is 20.8 Å². The van der Waals surface area contributed by atoms with E-state index in [4.69, 9.17) is 9.84 Å². The van der Waals surface area contributed by atoms with Crippen molar-refractivity contribution in [1.82, 2.24) is 0 Å². The summed E-state index contributed by atoms with van der Waals surface area (Å²) in [4.78, 5) is 0. The number of hydrogen-bond donors (Lipinski definition) is 1. The Balaban J connectivity index is 0.000000272. The SMILES string of the molecule is CCOC.COc1ccccc1.Oc1ccccc1. The van der Waals surface area contributed by atoms with Crippen molar-refractivity contribution in [1.29, 1.82) is 0 Å². The monoisotopic (exact) mass is 262 g/mol. The molecule has 3 nitrogen and oxygen atoms in total. The van der Waals surface area contributed by atoms with Gasteiger partial charge in [-0.05, 0) is 31.2 Å². The first kappa shape index (κ1) is 17.0. The zero-order chi connectivity index (χ0) is 14.3. The summed E-state index contributed by atoms with van der Waals surface area (Å²) in [5, 5.41) is 8.63. The molecule has 0 amide bonds. The molecule has 0 aliphatic heterocycles. The third-order valence-electron chi connectivity index (χ3n) is 2.02. The summed E-state index contributed by atoms with van der Waals surface area (Å²) in [6, 6.07) is 18.4. The van der Waals surface area contributed by atoms with Gasteiger partial charge in [0, 0.05) is 13.7 Å². The van der Waals surface area contributed by atoms with E-state index in [0.717, 1.165) is 12.4 Å². The van der Waals surface area contributed by atoms with E-state index in [0.29, 0.717) is 5.75 Å². The first-order chi connectivity index (χ1) is 9.24. The quantitative estimate of drug-likeness (QED) is 0.896. The van der Waals surface area contributed by atoms with Crippen LogP contribution >= 0.6 is 0 Å². The Bertz CT molecular complexity index is 385. The van der Waals surface area contributed by atoms with Crippen LogP contribution in [0, 0.1) is 0 Å². The molecule has 0 spiro atoms. The highest BCUT2D eigenvalue weighted by Gasteiger charge is 1.80. The first-order valence-corrected chi connectivity index (χ1v) is 6.06. The number of rotatable bonds is 2. The van der Waals surface area contributed by atoms with Crippen LogP contribution in [0.2, 0.25) is 0 Å². The molecule has 0 aliphatic carbocycles. The van der Waals surface area contributed by atoms with E-state index in [1.165, 1.54) is 0 Å². The van der Waals surface area contributed by atoms with Crippen molar-refractivity contribution < 1.29 is 14.6 Å². The third-order valence-corrected chi connectivity index (χ3v) is 2.02. The summed E-state index contributed by atoms with van der Waals surface area (Å²) in [6.45, 7) is 2.78. The van der Waals surface area contributed by atoms with Crippen molar-refractivity contribution in [2.24, 2.45) is 0 Å². The number of methoxy groups -OCH3 is 2. The van der Waals surface area contributed by atoms with Gasteiger partial charge in [0.1, 0.15) is 11.5 Å². The fourth-order valence-electron chi connectivity index (χ4n) is 0.985. The second kappa shape index (κ2) is 12.5. The summed E-state index contributed by atoms with van der Waals surface area (Å²) in [6.07, 6.45) is 0. The number of benzene rings is 2. The van der Waals surface area contributed by atoms with Crippen LogP contribution in [0.25, 0.3) is 0 Å². The van der Waals surface area contributed by atoms with Crippen LogP contribution < -0.4 is 4.74 Å². The minimum Gasteiger partial charge on any atom is -0.508 e. The van der Waals surface area contributed by atoms with E-state index in [1.54, 1.807) is 38.5 Å². The van der Waals surface area contributed by atoms with Crippen LogP contribution in [0.4, 0.5) is 0 Å². The molecule has 2 aromatic rings.